The van der Waals surface area contributed by atoms with Gasteiger partial charge in [0.15, 0.2) is 5.78 Å². The van der Waals surface area contributed by atoms with Crippen LogP contribution in [0.2, 0.25) is 0 Å². The van der Waals surface area contributed by atoms with Crippen LogP contribution >= 0.6 is 0 Å². The van der Waals surface area contributed by atoms with E-state index in [9.17, 15) is 9.59 Å². The maximum Gasteiger partial charge on any atom is 0.316 e. The van der Waals surface area contributed by atoms with E-state index < -0.39 is 22.3 Å². The molecular weight excluding hydrogens is 568 g/mol. The molecule has 3 fully saturated rings. The topological polar surface area (TPSA) is 52.6 Å². The molecule has 2 saturated heterocycles. The van der Waals surface area contributed by atoms with Crippen molar-refractivity contribution in [1.29, 1.82) is 0 Å². The van der Waals surface area contributed by atoms with E-state index in [1.54, 1.807) is 6.08 Å². The van der Waals surface area contributed by atoms with E-state index in [0.717, 1.165) is 12.8 Å². The SMILES string of the molecule is CC[C@H]1[C@]2(C)C3=C(C)[C@H](c4ccc(-c5cc(C(C)(C)C)cc(C(C)(C)C)c5)cc4)C[C@H]3O[C@@H]2[C@@H]2OC(=O)[C@]3(C)C=CC(=O)[C@@]1(C)[C@@H]23. The molecule has 0 N–H and O–H groups in total. The second-order valence-electron chi connectivity index (χ2n) is 17.7. The molecule has 4 heteroatoms. The number of ether oxygens (including phenoxy) is 2. The van der Waals surface area contributed by atoms with E-state index >= 15 is 0 Å². The highest BCUT2D eigenvalue weighted by molar-refractivity contribution is 6.00. The van der Waals surface area contributed by atoms with Crippen molar-refractivity contribution in [3.8, 4) is 11.1 Å². The normalized spacial score (nSPS) is 38.2. The van der Waals surface area contributed by atoms with Crippen LogP contribution in [0.5, 0.6) is 0 Å². The molecule has 46 heavy (non-hydrogen) atoms. The van der Waals surface area contributed by atoms with E-state index in [4.69, 9.17) is 9.47 Å². The Balaban J connectivity index is 1.26. The van der Waals surface area contributed by atoms with Crippen molar-refractivity contribution >= 4 is 11.8 Å². The predicted molar refractivity (Wildman–Crippen MR) is 184 cm³/mol. The number of hydrogen-bond donors (Lipinski definition) is 0. The first kappa shape index (κ1) is 31.6. The van der Waals surface area contributed by atoms with Crippen molar-refractivity contribution in [2.24, 2.45) is 28.1 Å². The number of carbonyl (C=O) groups is 2. The number of benzene rings is 2. The minimum atomic E-state index is -0.795. The molecular formula is C42H52O4. The molecule has 0 aromatic heterocycles. The van der Waals surface area contributed by atoms with Gasteiger partial charge in [-0.1, -0.05) is 123 Å². The number of carbonyl (C=O) groups excluding carboxylic acids is 2. The van der Waals surface area contributed by atoms with Gasteiger partial charge >= 0.3 is 5.97 Å². The maximum atomic E-state index is 13.9. The van der Waals surface area contributed by atoms with Gasteiger partial charge in [0.25, 0.3) is 0 Å². The van der Waals surface area contributed by atoms with Crippen LogP contribution in [-0.2, 0) is 29.9 Å². The lowest BCUT2D eigenvalue weighted by molar-refractivity contribution is -0.186. The van der Waals surface area contributed by atoms with Crippen LogP contribution in [0.1, 0.15) is 112 Å². The summed E-state index contributed by atoms with van der Waals surface area (Å²) in [5, 5.41) is 0. The second-order valence-corrected chi connectivity index (χ2v) is 17.7. The highest BCUT2D eigenvalue weighted by Crippen LogP contribution is 2.72. The maximum absolute atomic E-state index is 13.9. The minimum absolute atomic E-state index is 0.0380. The van der Waals surface area contributed by atoms with Crippen LogP contribution in [0, 0.1) is 28.1 Å². The average molecular weight is 621 g/mol. The highest BCUT2D eigenvalue weighted by atomic mass is 16.6. The van der Waals surface area contributed by atoms with Crippen LogP contribution in [0.3, 0.4) is 0 Å². The monoisotopic (exact) mass is 620 g/mol. The smallest absolute Gasteiger partial charge is 0.316 e. The molecule has 0 spiro atoms. The van der Waals surface area contributed by atoms with Gasteiger partial charge in [0.05, 0.1) is 11.5 Å². The first-order valence-corrected chi connectivity index (χ1v) is 17.4. The van der Waals surface area contributed by atoms with E-state index in [2.05, 4.69) is 112 Å². The largest absolute Gasteiger partial charge is 0.459 e. The lowest BCUT2D eigenvalue weighted by atomic mass is 9.42. The third-order valence-electron chi connectivity index (χ3n) is 13.1. The summed E-state index contributed by atoms with van der Waals surface area (Å²) in [7, 11) is 0. The molecule has 244 valence electrons. The fourth-order valence-corrected chi connectivity index (χ4v) is 10.7. The third-order valence-corrected chi connectivity index (χ3v) is 13.1. The molecule has 5 aliphatic rings. The van der Waals surface area contributed by atoms with Crippen molar-refractivity contribution in [1.82, 2.24) is 0 Å². The van der Waals surface area contributed by atoms with Gasteiger partial charge in [-0.25, -0.2) is 0 Å². The van der Waals surface area contributed by atoms with Crippen LogP contribution in [0.4, 0.5) is 0 Å². The van der Waals surface area contributed by atoms with E-state index in [1.165, 1.54) is 39.0 Å². The van der Waals surface area contributed by atoms with Gasteiger partial charge in [0.2, 0.25) is 0 Å². The number of fused-ring (bicyclic) bond motifs is 4. The number of allylic oxidation sites excluding steroid dienone is 2. The summed E-state index contributed by atoms with van der Waals surface area (Å²) in [6.45, 7) is 24.6. The Labute approximate surface area is 276 Å². The van der Waals surface area contributed by atoms with Gasteiger partial charge in [-0.15, -0.1) is 0 Å². The van der Waals surface area contributed by atoms with Gasteiger partial charge in [-0.3, -0.25) is 9.59 Å². The number of hydrogen-bond acceptors (Lipinski definition) is 4. The summed E-state index contributed by atoms with van der Waals surface area (Å²) in [4.78, 5) is 27.2. The Morgan fingerprint density at radius 3 is 2.02 bits per heavy atom. The number of esters is 1. The van der Waals surface area contributed by atoms with Gasteiger partial charge in [0, 0.05) is 22.7 Å². The van der Waals surface area contributed by atoms with Crippen molar-refractivity contribution in [3.63, 3.8) is 0 Å². The molecule has 9 atom stereocenters. The van der Waals surface area contributed by atoms with Crippen molar-refractivity contribution in [2.75, 3.05) is 0 Å². The zero-order valence-corrected chi connectivity index (χ0v) is 29.7. The van der Waals surface area contributed by atoms with Crippen molar-refractivity contribution in [2.45, 2.75) is 124 Å². The molecule has 2 aromatic carbocycles. The summed E-state index contributed by atoms with van der Waals surface area (Å²) in [6, 6.07) is 16.3. The lowest BCUT2D eigenvalue weighted by Crippen LogP contribution is -2.65. The summed E-state index contributed by atoms with van der Waals surface area (Å²) in [5.41, 5.74) is 7.48. The van der Waals surface area contributed by atoms with E-state index in [0.29, 0.717) is 0 Å². The third kappa shape index (κ3) is 4.07. The molecule has 0 amide bonds. The second kappa shape index (κ2) is 9.78. The van der Waals surface area contributed by atoms with Crippen LogP contribution in [0.15, 0.2) is 65.8 Å². The molecule has 2 heterocycles. The fourth-order valence-electron chi connectivity index (χ4n) is 10.7. The van der Waals surface area contributed by atoms with Crippen LogP contribution < -0.4 is 0 Å². The molecule has 4 nitrogen and oxygen atoms in total. The summed E-state index contributed by atoms with van der Waals surface area (Å²) < 4.78 is 13.2. The van der Waals surface area contributed by atoms with Gasteiger partial charge in [0.1, 0.15) is 12.2 Å². The Kier molecular flexibility index (Phi) is 6.72. The van der Waals surface area contributed by atoms with Crippen molar-refractivity contribution < 1.29 is 19.1 Å². The molecule has 3 aliphatic carbocycles. The molecule has 2 aromatic rings. The Morgan fingerprint density at radius 2 is 1.46 bits per heavy atom. The van der Waals surface area contributed by atoms with Gasteiger partial charge in [-0.05, 0) is 76.5 Å². The first-order valence-electron chi connectivity index (χ1n) is 17.4. The van der Waals surface area contributed by atoms with Crippen LogP contribution in [-0.4, -0.2) is 30.1 Å². The first-order chi connectivity index (χ1) is 21.4. The summed E-state index contributed by atoms with van der Waals surface area (Å²) >= 11 is 0. The number of rotatable bonds is 3. The minimum Gasteiger partial charge on any atom is -0.459 e. The quantitative estimate of drug-likeness (QED) is 0.254. The van der Waals surface area contributed by atoms with Gasteiger partial charge < -0.3 is 9.47 Å². The molecule has 0 bridgehead atoms. The molecule has 0 unspecified atom stereocenters. The molecule has 2 aliphatic heterocycles. The van der Waals surface area contributed by atoms with Crippen molar-refractivity contribution in [3.05, 3.63) is 82.5 Å². The lowest BCUT2D eigenvalue weighted by Gasteiger charge is -2.59. The van der Waals surface area contributed by atoms with Gasteiger partial charge in [-0.2, -0.15) is 0 Å². The Hall–Kier alpha value is -2.98. The standard InChI is InChI=1S/C42H52O4/c1-12-31-41(10)32(43)17-18-40(9)35(41)34(46-37(40)44)36-42(31,11)33-23(2)29(22-30(33)45-36)25-15-13-24(14-16-25)26-19-27(38(3,4)5)21-28(20-26)39(6,7)8/h13-21,29-31,34-36H,12,22H2,1-11H3/t29-,30-,31-,34-,35+,36-,40-,41+,42-/m1/s1. The zero-order valence-electron chi connectivity index (χ0n) is 29.7. The Bertz CT molecular complexity index is 1660. The highest BCUT2D eigenvalue weighted by Gasteiger charge is 2.77. The molecule has 7 rings (SSSR count). The average Bonchev–Trinajstić information content (AvgIpc) is 3.57. The summed E-state index contributed by atoms with van der Waals surface area (Å²) in [6.07, 6.45) is 4.49. The number of ketones is 1. The molecule has 0 radical (unpaired) electrons. The molecule has 1 saturated carbocycles. The Morgan fingerprint density at radius 1 is 0.848 bits per heavy atom. The zero-order chi connectivity index (χ0) is 33.4. The van der Waals surface area contributed by atoms with E-state index in [-0.39, 0.29) is 52.5 Å². The van der Waals surface area contributed by atoms with E-state index in [1.807, 2.05) is 13.0 Å². The fraction of sp³-hybridized carbons (Fsp3) is 0.571. The summed E-state index contributed by atoms with van der Waals surface area (Å²) in [5.74, 6) is -0.0167. The predicted octanol–water partition coefficient (Wildman–Crippen LogP) is 9.26. The van der Waals surface area contributed by atoms with Crippen LogP contribution in [0.25, 0.3) is 11.1 Å².